The van der Waals surface area contributed by atoms with E-state index in [9.17, 15) is 19.6 Å². The highest BCUT2D eigenvalue weighted by atomic mass is 32.1. The van der Waals surface area contributed by atoms with E-state index in [-0.39, 0.29) is 24.2 Å². The van der Waals surface area contributed by atoms with Gasteiger partial charge in [0.25, 0.3) is 0 Å². The lowest BCUT2D eigenvalue weighted by Crippen LogP contribution is -2.54. The van der Waals surface area contributed by atoms with Crippen molar-refractivity contribution in [2.45, 2.75) is 90.4 Å². The fourth-order valence-corrected chi connectivity index (χ4v) is 4.62. The lowest BCUT2D eigenvalue weighted by molar-refractivity contribution is -0.141. The predicted molar refractivity (Wildman–Crippen MR) is 138 cm³/mol. The molecule has 0 heterocycles. The highest BCUT2D eigenvalue weighted by Gasteiger charge is 2.36. The number of aryl methyl sites for hydroxylation is 2. The molecule has 0 aliphatic heterocycles. The molecule has 1 aliphatic rings. The van der Waals surface area contributed by atoms with Crippen LogP contribution in [0.3, 0.4) is 0 Å². The first-order chi connectivity index (χ1) is 16.4. The maximum Gasteiger partial charge on any atom is 0.408 e. The number of thiol groups is 1. The molecule has 192 valence electrons. The van der Waals surface area contributed by atoms with Crippen LogP contribution in [0.1, 0.15) is 75.6 Å². The topological polar surface area (TPSA) is 112 Å². The van der Waals surface area contributed by atoms with Crippen molar-refractivity contribution in [2.24, 2.45) is 0 Å². The summed E-state index contributed by atoms with van der Waals surface area (Å²) in [6.45, 7) is 8.68. The number of benzene rings is 1. The summed E-state index contributed by atoms with van der Waals surface area (Å²) in [6, 6.07) is 5.64. The fraction of sp³-hybridized carbons (Fsp3) is 0.615. The molecule has 0 saturated heterocycles. The van der Waals surface area contributed by atoms with Gasteiger partial charge in [-0.3, -0.25) is 9.59 Å². The van der Waals surface area contributed by atoms with E-state index < -0.39 is 29.7 Å². The van der Waals surface area contributed by atoms with Crippen LogP contribution in [0.5, 0.6) is 0 Å². The molecule has 1 aromatic carbocycles. The van der Waals surface area contributed by atoms with Gasteiger partial charge in [0.15, 0.2) is 0 Å². The van der Waals surface area contributed by atoms with Crippen molar-refractivity contribution in [1.29, 1.82) is 5.26 Å². The molecular formula is C26H38N4O4S. The Morgan fingerprint density at radius 2 is 1.74 bits per heavy atom. The molecule has 0 spiro atoms. The summed E-state index contributed by atoms with van der Waals surface area (Å²) in [5.41, 5.74) is 1.76. The molecule has 0 aromatic heterocycles. The molecule has 1 aliphatic carbocycles. The van der Waals surface area contributed by atoms with Gasteiger partial charge in [0.1, 0.15) is 24.2 Å². The van der Waals surface area contributed by atoms with Crippen LogP contribution in [0, 0.1) is 25.2 Å². The summed E-state index contributed by atoms with van der Waals surface area (Å²) in [7, 11) is 0. The smallest absolute Gasteiger partial charge is 0.408 e. The summed E-state index contributed by atoms with van der Waals surface area (Å²) in [5.74, 6) is -0.930. The van der Waals surface area contributed by atoms with Crippen LogP contribution in [0.4, 0.5) is 4.79 Å². The number of amides is 3. The average molecular weight is 503 g/mol. The van der Waals surface area contributed by atoms with Gasteiger partial charge in [0, 0.05) is 11.8 Å². The van der Waals surface area contributed by atoms with Crippen molar-refractivity contribution in [3.8, 4) is 6.07 Å². The van der Waals surface area contributed by atoms with Gasteiger partial charge in [-0.1, -0.05) is 48.6 Å². The minimum absolute atomic E-state index is 0.0240. The normalized spacial score (nSPS) is 15.9. The third kappa shape index (κ3) is 8.77. The predicted octanol–water partition coefficient (Wildman–Crippen LogP) is 3.97. The Morgan fingerprint density at radius 1 is 1.14 bits per heavy atom. The van der Waals surface area contributed by atoms with Crippen LogP contribution in [-0.4, -0.2) is 52.8 Å². The lowest BCUT2D eigenvalue weighted by Gasteiger charge is -2.34. The molecule has 2 N–H and O–H groups in total. The van der Waals surface area contributed by atoms with Gasteiger partial charge in [-0.2, -0.15) is 17.9 Å². The summed E-state index contributed by atoms with van der Waals surface area (Å²) >= 11 is 4.25. The molecule has 9 heteroatoms. The molecule has 1 aromatic rings. The first-order valence-corrected chi connectivity index (χ1v) is 12.7. The van der Waals surface area contributed by atoms with Gasteiger partial charge < -0.3 is 20.3 Å². The second-order valence-electron chi connectivity index (χ2n) is 10.2. The summed E-state index contributed by atoms with van der Waals surface area (Å²) in [6.07, 6.45) is 4.24. The van der Waals surface area contributed by atoms with E-state index in [1.807, 2.05) is 38.1 Å². The minimum atomic E-state index is -1.07. The standard InChI is InChI=1S/C26H38N4O4S/c1-17-13-18(2)15-19(14-17)22(23(31)28-20-9-7-6-8-10-20)30(12-11-27)24(32)21(16-35)29-25(33)34-26(3,4)5/h13-15,20-22,35H,6-10,12,16H2,1-5H3,(H,28,31)(H,29,33). The van der Waals surface area contributed by atoms with Crippen LogP contribution in [0.25, 0.3) is 0 Å². The molecule has 0 radical (unpaired) electrons. The van der Waals surface area contributed by atoms with E-state index in [4.69, 9.17) is 4.74 Å². The molecular weight excluding hydrogens is 464 g/mol. The van der Waals surface area contributed by atoms with Gasteiger partial charge >= 0.3 is 6.09 Å². The highest BCUT2D eigenvalue weighted by Crippen LogP contribution is 2.26. The van der Waals surface area contributed by atoms with Crippen LogP contribution in [0.2, 0.25) is 0 Å². The Hall–Kier alpha value is -2.73. The third-order valence-corrected chi connectivity index (χ3v) is 6.13. The Balaban J connectivity index is 2.41. The molecule has 8 nitrogen and oxygen atoms in total. The van der Waals surface area contributed by atoms with Gasteiger partial charge in [0.05, 0.1) is 6.07 Å². The Bertz CT molecular complexity index is 927. The Kier molecular flexibility index (Phi) is 10.4. The van der Waals surface area contributed by atoms with Crippen LogP contribution < -0.4 is 10.6 Å². The van der Waals surface area contributed by atoms with Crippen LogP contribution >= 0.6 is 12.6 Å². The first-order valence-electron chi connectivity index (χ1n) is 12.1. The number of nitrogens with one attached hydrogen (secondary N) is 2. The number of nitriles is 1. The van der Waals surface area contributed by atoms with Crippen molar-refractivity contribution < 1.29 is 19.1 Å². The largest absolute Gasteiger partial charge is 0.444 e. The second kappa shape index (κ2) is 12.8. The van der Waals surface area contributed by atoms with E-state index in [1.54, 1.807) is 20.8 Å². The molecule has 3 amide bonds. The van der Waals surface area contributed by atoms with E-state index in [0.717, 1.165) is 43.2 Å². The van der Waals surface area contributed by atoms with Crippen molar-refractivity contribution in [2.75, 3.05) is 12.3 Å². The summed E-state index contributed by atoms with van der Waals surface area (Å²) < 4.78 is 5.29. The van der Waals surface area contributed by atoms with E-state index in [0.29, 0.717) is 5.56 Å². The first kappa shape index (κ1) is 28.5. The second-order valence-corrected chi connectivity index (χ2v) is 10.5. The Morgan fingerprint density at radius 3 is 2.26 bits per heavy atom. The monoisotopic (exact) mass is 502 g/mol. The maximum absolute atomic E-state index is 13.6. The number of carbonyl (C=O) groups is 3. The summed E-state index contributed by atoms with van der Waals surface area (Å²) in [4.78, 5) is 40.8. The maximum atomic E-state index is 13.6. The number of alkyl carbamates (subject to hydrolysis) is 1. The third-order valence-electron chi connectivity index (χ3n) is 5.77. The SMILES string of the molecule is Cc1cc(C)cc(C(C(=O)NC2CCCCC2)N(CC#N)C(=O)C(CS)NC(=O)OC(C)(C)C)c1. The van der Waals surface area contributed by atoms with Crippen molar-refractivity contribution in [3.05, 3.63) is 34.9 Å². The van der Waals surface area contributed by atoms with Gasteiger partial charge in [-0.25, -0.2) is 4.79 Å². The van der Waals surface area contributed by atoms with E-state index in [1.165, 1.54) is 4.90 Å². The number of nitrogens with zero attached hydrogens (tertiary/aromatic N) is 2. The van der Waals surface area contributed by atoms with Crippen LogP contribution in [-0.2, 0) is 14.3 Å². The zero-order valence-corrected chi connectivity index (χ0v) is 22.3. The Labute approximate surface area is 214 Å². The number of hydrogen-bond donors (Lipinski definition) is 3. The van der Waals surface area contributed by atoms with E-state index in [2.05, 4.69) is 23.3 Å². The fourth-order valence-electron chi connectivity index (χ4n) is 4.38. The number of carbonyl (C=O) groups excluding carboxylic acids is 3. The molecule has 2 unspecified atom stereocenters. The molecule has 2 atom stereocenters. The van der Waals surface area contributed by atoms with Crippen molar-refractivity contribution in [3.63, 3.8) is 0 Å². The zero-order chi connectivity index (χ0) is 26.2. The summed E-state index contributed by atoms with van der Waals surface area (Å²) in [5, 5.41) is 15.2. The minimum Gasteiger partial charge on any atom is -0.444 e. The van der Waals surface area contributed by atoms with Gasteiger partial charge in [-0.05, 0) is 53.0 Å². The number of hydrogen-bond acceptors (Lipinski definition) is 6. The van der Waals surface area contributed by atoms with Crippen molar-refractivity contribution in [1.82, 2.24) is 15.5 Å². The van der Waals surface area contributed by atoms with Gasteiger partial charge in [-0.15, -0.1) is 0 Å². The molecule has 1 fully saturated rings. The van der Waals surface area contributed by atoms with Crippen LogP contribution in [0.15, 0.2) is 18.2 Å². The average Bonchev–Trinajstić information content (AvgIpc) is 2.75. The molecule has 2 rings (SSSR count). The molecule has 0 bridgehead atoms. The van der Waals surface area contributed by atoms with Gasteiger partial charge in [0.2, 0.25) is 11.8 Å². The number of ether oxygens (including phenoxy) is 1. The highest BCUT2D eigenvalue weighted by molar-refractivity contribution is 7.80. The zero-order valence-electron chi connectivity index (χ0n) is 21.4. The lowest BCUT2D eigenvalue weighted by atomic mass is 9.94. The van der Waals surface area contributed by atoms with Crippen molar-refractivity contribution >= 4 is 30.5 Å². The number of rotatable bonds is 8. The molecule has 35 heavy (non-hydrogen) atoms. The van der Waals surface area contributed by atoms with E-state index >= 15 is 0 Å². The molecule has 1 saturated carbocycles. The quantitative estimate of drug-likeness (QED) is 0.368.